The normalized spacial score (nSPS) is 24.9. The molecule has 3 aliphatic rings. The summed E-state index contributed by atoms with van der Waals surface area (Å²) in [6.45, 7) is 1.76. The topological polar surface area (TPSA) is 188 Å². The van der Waals surface area contributed by atoms with Crippen LogP contribution in [0.1, 0.15) is 56.8 Å². The molecule has 0 aliphatic carbocycles. The van der Waals surface area contributed by atoms with Crippen LogP contribution in [0.5, 0.6) is 0 Å². The summed E-state index contributed by atoms with van der Waals surface area (Å²) in [5, 5.41) is 8.75. The molecule has 0 bridgehead atoms. The number of carbonyl (C=O) groups is 4. The Kier molecular flexibility index (Phi) is 18.3. The largest absolute Gasteiger partial charge is 0.463 e. The Hall–Kier alpha value is -5.76. The molecule has 2 fully saturated rings. The van der Waals surface area contributed by atoms with Gasteiger partial charge >= 0.3 is 11.9 Å². The van der Waals surface area contributed by atoms with Crippen LogP contribution in [0.3, 0.4) is 0 Å². The second-order valence-electron chi connectivity index (χ2n) is 17.3. The zero-order valence-electron chi connectivity index (χ0n) is 39.7. The number of hydrogen-bond acceptors (Lipinski definition) is 15. The zero-order valence-corrected chi connectivity index (χ0v) is 41.9. The first-order chi connectivity index (χ1) is 35.2. The molecular weight excluding hydrogens is 1010 g/mol. The number of ether oxygens (including phenoxy) is 10. The van der Waals surface area contributed by atoms with Crippen molar-refractivity contribution >= 4 is 64.5 Å². The van der Waals surface area contributed by atoms with Gasteiger partial charge in [-0.05, 0) is 34.4 Å². The lowest BCUT2D eigenvalue weighted by atomic mass is 9.93. The van der Waals surface area contributed by atoms with Gasteiger partial charge in [0.25, 0.3) is 15.6 Å². The third-order valence-electron chi connectivity index (χ3n) is 12.1. The summed E-state index contributed by atoms with van der Waals surface area (Å²) < 4.78 is 62.5. The number of nitrogens with zero attached hydrogens (tertiary/aromatic N) is 1. The lowest BCUT2D eigenvalue weighted by Gasteiger charge is -2.51. The second-order valence-corrected chi connectivity index (χ2v) is 19.6. The van der Waals surface area contributed by atoms with Gasteiger partial charge in [-0.25, -0.2) is 0 Å². The van der Waals surface area contributed by atoms with Crippen molar-refractivity contribution in [2.75, 3.05) is 13.2 Å². The van der Waals surface area contributed by atoms with E-state index in [1.165, 1.54) is 26.0 Å². The average Bonchev–Trinajstić information content (AvgIpc) is 3.63. The third kappa shape index (κ3) is 13.7. The number of carbonyl (C=O) groups excluding carboxylic acids is 4. The number of benzene rings is 5. The van der Waals surface area contributed by atoms with Crippen molar-refractivity contribution in [1.82, 2.24) is 4.90 Å². The number of nitrogens with one attached hydrogen (secondary N) is 1. The van der Waals surface area contributed by atoms with Gasteiger partial charge in [0.1, 0.15) is 49.3 Å². The Morgan fingerprint density at radius 1 is 0.534 bits per heavy atom. The van der Waals surface area contributed by atoms with E-state index in [0.717, 1.165) is 21.6 Å². The molecule has 3 heterocycles. The van der Waals surface area contributed by atoms with Crippen molar-refractivity contribution in [3.8, 4) is 0 Å². The molecule has 0 radical (unpaired) electrons. The number of esters is 2. The number of halogens is 3. The van der Waals surface area contributed by atoms with Crippen LogP contribution in [-0.2, 0) is 83.4 Å². The van der Waals surface area contributed by atoms with Gasteiger partial charge in [0.2, 0.25) is 12.2 Å². The van der Waals surface area contributed by atoms with Gasteiger partial charge in [0, 0.05) is 13.8 Å². The van der Waals surface area contributed by atoms with Crippen LogP contribution in [-0.4, -0.2) is 113 Å². The minimum Gasteiger partial charge on any atom is -0.463 e. The van der Waals surface area contributed by atoms with Gasteiger partial charge in [0.05, 0.1) is 44.2 Å². The fourth-order valence-corrected chi connectivity index (χ4v) is 8.89. The molecule has 2 amide bonds. The number of amides is 2. The Morgan fingerprint density at radius 2 is 0.973 bits per heavy atom. The van der Waals surface area contributed by atoms with Crippen LogP contribution in [0.4, 0.5) is 0 Å². The molecule has 73 heavy (non-hydrogen) atoms. The average molecular weight is 1060 g/mol. The molecule has 2 saturated heterocycles. The van der Waals surface area contributed by atoms with Crippen LogP contribution in [0.15, 0.2) is 146 Å². The molecular formula is C54H53Cl3N2O14. The summed E-state index contributed by atoms with van der Waals surface area (Å²) in [6, 6.07) is 41.5. The molecule has 0 spiro atoms. The summed E-state index contributed by atoms with van der Waals surface area (Å²) in [5.41, 5.74) is 3.19. The summed E-state index contributed by atoms with van der Waals surface area (Å²) in [6.07, 6.45) is -12.4. The molecule has 0 saturated carbocycles. The van der Waals surface area contributed by atoms with Crippen molar-refractivity contribution in [3.63, 3.8) is 0 Å². The predicted molar refractivity (Wildman–Crippen MR) is 265 cm³/mol. The highest BCUT2D eigenvalue weighted by Crippen LogP contribution is 2.40. The van der Waals surface area contributed by atoms with Crippen molar-refractivity contribution in [2.45, 2.75) is 105 Å². The van der Waals surface area contributed by atoms with Crippen molar-refractivity contribution in [2.24, 2.45) is 0 Å². The van der Waals surface area contributed by atoms with Crippen LogP contribution >= 0.6 is 34.8 Å². The molecule has 5 aromatic carbocycles. The minimum absolute atomic E-state index is 0.0272. The highest BCUT2D eigenvalue weighted by atomic mass is 35.6. The van der Waals surface area contributed by atoms with Gasteiger partial charge < -0.3 is 47.4 Å². The van der Waals surface area contributed by atoms with Gasteiger partial charge in [-0.15, -0.1) is 0 Å². The molecule has 0 unspecified atom stereocenters. The quantitative estimate of drug-likeness (QED) is 0.0258. The summed E-state index contributed by atoms with van der Waals surface area (Å²) >= 11 is 18.7. The fraction of sp³-hybridized carbons (Fsp3) is 0.352. The highest BCUT2D eigenvalue weighted by molar-refractivity contribution is 6.76. The number of fused-ring (bicyclic) bond motifs is 1. The summed E-state index contributed by atoms with van der Waals surface area (Å²) in [5.74, 6) is -3.69. The van der Waals surface area contributed by atoms with E-state index in [4.69, 9.17) is 87.6 Å². The van der Waals surface area contributed by atoms with E-state index in [2.05, 4.69) is 0 Å². The van der Waals surface area contributed by atoms with E-state index in [-0.39, 0.29) is 50.8 Å². The lowest BCUT2D eigenvalue weighted by molar-refractivity contribution is -0.360. The molecule has 5 aromatic rings. The summed E-state index contributed by atoms with van der Waals surface area (Å²) in [7, 11) is 0. The molecule has 1 N–H and O–H groups in total. The van der Waals surface area contributed by atoms with Crippen molar-refractivity contribution in [3.05, 3.63) is 179 Å². The first kappa shape index (κ1) is 53.5. The number of alkyl halides is 3. The fourth-order valence-electron chi connectivity index (χ4n) is 8.76. The number of imide groups is 1. The van der Waals surface area contributed by atoms with Crippen LogP contribution in [0, 0.1) is 5.41 Å². The molecule has 19 heteroatoms. The molecule has 3 aliphatic heterocycles. The zero-order chi connectivity index (χ0) is 51.5. The van der Waals surface area contributed by atoms with Crippen LogP contribution in [0.2, 0.25) is 0 Å². The van der Waals surface area contributed by atoms with Crippen molar-refractivity contribution in [1.29, 1.82) is 5.41 Å². The Labute approximate surface area is 437 Å². The SMILES string of the molecule is CC(=O)OC[C@H]1O[C@@H](O[C@H]2[C@H](OCc3ccccc3)[C@@H](N3C(=O)c4ccccc4C3=O)[C@H](OC(=N)C(Cl)(Cl)Cl)O[C@@H]2COCc2ccccc2)[C@@H](OCc2ccccc2)[C@@H](OC(C)=O)[C@@H]1OCc1ccccc1. The maximum Gasteiger partial charge on any atom is 0.303 e. The molecule has 16 nitrogen and oxygen atoms in total. The van der Waals surface area contributed by atoms with Crippen molar-refractivity contribution < 1.29 is 66.5 Å². The second kappa shape index (κ2) is 25.0. The van der Waals surface area contributed by atoms with E-state index in [9.17, 15) is 19.2 Å². The maximum absolute atomic E-state index is 14.6. The predicted octanol–water partition coefficient (Wildman–Crippen LogP) is 8.32. The highest BCUT2D eigenvalue weighted by Gasteiger charge is 2.59. The van der Waals surface area contributed by atoms with E-state index in [0.29, 0.717) is 5.56 Å². The molecule has 0 aromatic heterocycles. The minimum atomic E-state index is -2.43. The third-order valence-corrected chi connectivity index (χ3v) is 12.6. The van der Waals surface area contributed by atoms with Gasteiger partial charge in [-0.2, -0.15) is 0 Å². The standard InChI is InChI=1S/C54H53Cl3N2O14/c1-33(60)65-32-42-44(66-28-36-19-9-4-10-20-36)47(69-34(2)61)48(68-30-38-23-13-6-14-24-38)52(71-42)72-45-41(31-64-27-35-17-7-3-8-18-35)70-51(73-53(58)54(55,56)57)43(46(45)67-29-37-21-11-5-12-22-37)59-49(62)39-25-15-16-26-40(39)50(59)63/h3-26,41-48,51-52,58H,27-32H2,1-2H3/t41-,42-,43-,44-,45-,46-,47+,48+,51+,52+/m1/s1. The first-order valence-electron chi connectivity index (χ1n) is 23.4. The number of hydrogen-bond donors (Lipinski definition) is 1. The lowest BCUT2D eigenvalue weighted by Crippen LogP contribution is -2.69. The summed E-state index contributed by atoms with van der Waals surface area (Å²) in [4.78, 5) is 55.9. The monoisotopic (exact) mass is 1060 g/mol. The maximum atomic E-state index is 14.6. The molecule has 384 valence electrons. The molecule has 10 atom stereocenters. The van der Waals surface area contributed by atoms with Gasteiger partial charge in [-0.1, -0.05) is 168 Å². The smallest absolute Gasteiger partial charge is 0.303 e. The Balaban J connectivity index is 1.26. The van der Waals surface area contributed by atoms with E-state index < -0.39 is 94.8 Å². The van der Waals surface area contributed by atoms with Crippen LogP contribution < -0.4 is 0 Å². The molecule has 8 rings (SSSR count). The Bertz CT molecular complexity index is 2610. The van der Waals surface area contributed by atoms with E-state index in [1.807, 2.05) is 121 Å². The van der Waals surface area contributed by atoms with Gasteiger partial charge in [-0.3, -0.25) is 29.5 Å². The van der Waals surface area contributed by atoms with E-state index >= 15 is 0 Å². The van der Waals surface area contributed by atoms with Gasteiger partial charge in [0.15, 0.2) is 12.4 Å². The van der Waals surface area contributed by atoms with E-state index in [1.54, 1.807) is 12.1 Å². The number of rotatable bonds is 20. The first-order valence-corrected chi connectivity index (χ1v) is 24.5. The van der Waals surface area contributed by atoms with Crippen LogP contribution in [0.25, 0.3) is 0 Å². The Morgan fingerprint density at radius 3 is 1.45 bits per heavy atom.